The van der Waals surface area contributed by atoms with Gasteiger partial charge in [0.1, 0.15) is 5.15 Å². The van der Waals surface area contributed by atoms with Gasteiger partial charge in [0.25, 0.3) is 0 Å². The molecule has 15 heavy (non-hydrogen) atoms. The molecule has 0 spiro atoms. The van der Waals surface area contributed by atoms with Crippen molar-refractivity contribution in [1.29, 1.82) is 0 Å². The van der Waals surface area contributed by atoms with Crippen molar-refractivity contribution in [3.63, 3.8) is 0 Å². The fraction of sp³-hybridized carbons (Fsp3) is 0. The van der Waals surface area contributed by atoms with Crippen LogP contribution >= 0.6 is 27.5 Å². The number of rotatable bonds is 2. The molecule has 0 amide bonds. The van der Waals surface area contributed by atoms with Gasteiger partial charge >= 0.3 is 0 Å². The molecule has 0 saturated heterocycles. The second-order valence-corrected chi connectivity index (χ2v) is 4.17. The SMILES string of the molecule is O=Cc1cnn(-c2cccc(Br)c2)c1Cl. The van der Waals surface area contributed by atoms with Crippen LogP contribution in [0.15, 0.2) is 34.9 Å². The highest BCUT2D eigenvalue weighted by Crippen LogP contribution is 2.21. The molecule has 2 aromatic rings. The van der Waals surface area contributed by atoms with E-state index < -0.39 is 0 Å². The lowest BCUT2D eigenvalue weighted by atomic mass is 10.3. The van der Waals surface area contributed by atoms with Crippen molar-refractivity contribution in [2.45, 2.75) is 0 Å². The van der Waals surface area contributed by atoms with Crippen LogP contribution in [0.2, 0.25) is 5.15 Å². The molecule has 1 heterocycles. The average Bonchev–Trinajstić information content (AvgIpc) is 2.59. The Labute approximate surface area is 99.8 Å². The van der Waals surface area contributed by atoms with Crippen LogP contribution in [0.3, 0.4) is 0 Å². The van der Waals surface area contributed by atoms with Crippen LogP contribution in [0, 0.1) is 0 Å². The lowest BCUT2D eigenvalue weighted by Crippen LogP contribution is -1.96. The number of benzene rings is 1. The molecule has 76 valence electrons. The largest absolute Gasteiger partial charge is 0.298 e. The molecule has 2 rings (SSSR count). The maximum Gasteiger partial charge on any atom is 0.154 e. The van der Waals surface area contributed by atoms with E-state index >= 15 is 0 Å². The lowest BCUT2D eigenvalue weighted by Gasteiger charge is -2.02. The monoisotopic (exact) mass is 284 g/mol. The van der Waals surface area contributed by atoms with Crippen LogP contribution in [-0.4, -0.2) is 16.1 Å². The summed E-state index contributed by atoms with van der Waals surface area (Å²) < 4.78 is 2.44. The number of aldehydes is 1. The molecular weight excluding hydrogens is 279 g/mol. The van der Waals surface area contributed by atoms with Gasteiger partial charge in [0.2, 0.25) is 0 Å². The molecule has 1 aromatic heterocycles. The van der Waals surface area contributed by atoms with Gasteiger partial charge in [-0.25, -0.2) is 4.68 Å². The Kier molecular flexibility index (Phi) is 2.88. The van der Waals surface area contributed by atoms with Gasteiger partial charge in [-0.15, -0.1) is 0 Å². The minimum atomic E-state index is 0.322. The van der Waals surface area contributed by atoms with E-state index in [4.69, 9.17) is 11.6 Å². The van der Waals surface area contributed by atoms with Crippen LogP contribution in [-0.2, 0) is 0 Å². The molecule has 3 nitrogen and oxygen atoms in total. The zero-order valence-corrected chi connectivity index (χ0v) is 9.86. The molecule has 0 aliphatic carbocycles. The van der Waals surface area contributed by atoms with Gasteiger partial charge in [0.15, 0.2) is 6.29 Å². The summed E-state index contributed by atoms with van der Waals surface area (Å²) >= 11 is 9.32. The summed E-state index contributed by atoms with van der Waals surface area (Å²) in [6.45, 7) is 0. The maximum atomic E-state index is 10.6. The zero-order chi connectivity index (χ0) is 10.8. The third-order valence-corrected chi connectivity index (χ3v) is 2.79. The predicted octanol–water partition coefficient (Wildman–Crippen LogP) is 3.10. The molecule has 0 atom stereocenters. The highest BCUT2D eigenvalue weighted by atomic mass is 79.9. The number of hydrogen-bond donors (Lipinski definition) is 0. The second-order valence-electron chi connectivity index (χ2n) is 2.90. The van der Waals surface area contributed by atoms with E-state index in [0.717, 1.165) is 10.2 Å². The Bertz CT molecular complexity index is 510. The Morgan fingerprint density at radius 1 is 1.47 bits per heavy atom. The van der Waals surface area contributed by atoms with Crippen molar-refractivity contribution in [2.75, 3.05) is 0 Å². The molecule has 1 aromatic carbocycles. The summed E-state index contributed by atoms with van der Waals surface area (Å²) in [7, 11) is 0. The molecule has 0 saturated carbocycles. The summed E-state index contributed by atoms with van der Waals surface area (Å²) in [5.41, 5.74) is 1.19. The first-order valence-corrected chi connectivity index (χ1v) is 5.34. The molecular formula is C10H6BrClN2O. The molecule has 0 N–H and O–H groups in total. The first-order valence-electron chi connectivity index (χ1n) is 4.17. The summed E-state index contributed by atoms with van der Waals surface area (Å²) in [6, 6.07) is 7.51. The van der Waals surface area contributed by atoms with Crippen LogP contribution in [0.25, 0.3) is 5.69 Å². The normalized spacial score (nSPS) is 10.3. The molecule has 0 fully saturated rings. The van der Waals surface area contributed by atoms with Crippen molar-refractivity contribution >= 4 is 33.8 Å². The molecule has 0 unspecified atom stereocenters. The van der Waals surface area contributed by atoms with Gasteiger partial charge in [-0.1, -0.05) is 33.6 Å². The minimum absolute atomic E-state index is 0.322. The Morgan fingerprint density at radius 2 is 2.27 bits per heavy atom. The van der Waals surface area contributed by atoms with Gasteiger partial charge in [0.05, 0.1) is 17.4 Å². The lowest BCUT2D eigenvalue weighted by molar-refractivity contribution is 0.112. The first-order chi connectivity index (χ1) is 7.22. The number of carbonyl (C=O) groups excluding carboxylic acids is 1. The van der Waals surface area contributed by atoms with Crippen LogP contribution in [0.4, 0.5) is 0 Å². The molecule has 0 bridgehead atoms. The molecule has 0 aliphatic rings. The van der Waals surface area contributed by atoms with Crippen molar-refractivity contribution in [3.8, 4) is 5.69 Å². The summed E-state index contributed by atoms with van der Waals surface area (Å²) in [5.74, 6) is 0. The van der Waals surface area contributed by atoms with E-state index in [-0.39, 0.29) is 0 Å². The summed E-state index contributed by atoms with van der Waals surface area (Å²) in [4.78, 5) is 10.6. The maximum absolute atomic E-state index is 10.6. The smallest absolute Gasteiger partial charge is 0.154 e. The zero-order valence-electron chi connectivity index (χ0n) is 7.52. The Morgan fingerprint density at radius 3 is 2.87 bits per heavy atom. The number of halogens is 2. The van der Waals surface area contributed by atoms with E-state index in [9.17, 15) is 4.79 Å². The van der Waals surface area contributed by atoms with Crippen molar-refractivity contribution < 1.29 is 4.79 Å². The Balaban J connectivity index is 2.54. The van der Waals surface area contributed by atoms with E-state index in [1.54, 1.807) is 0 Å². The minimum Gasteiger partial charge on any atom is -0.298 e. The topological polar surface area (TPSA) is 34.9 Å². The van der Waals surface area contributed by atoms with Crippen LogP contribution < -0.4 is 0 Å². The van der Waals surface area contributed by atoms with Crippen LogP contribution in [0.5, 0.6) is 0 Å². The first kappa shape index (κ1) is 10.4. The fourth-order valence-electron chi connectivity index (χ4n) is 1.21. The standard InChI is InChI=1S/C10H6BrClN2O/c11-8-2-1-3-9(4-8)14-10(12)7(6-15)5-13-14/h1-6H. The molecule has 0 radical (unpaired) electrons. The highest BCUT2D eigenvalue weighted by molar-refractivity contribution is 9.10. The third-order valence-electron chi connectivity index (χ3n) is 1.92. The number of carbonyl (C=O) groups is 1. The van der Waals surface area contributed by atoms with Gasteiger partial charge in [-0.2, -0.15) is 5.10 Å². The van der Waals surface area contributed by atoms with Crippen molar-refractivity contribution in [3.05, 3.63) is 45.7 Å². The highest BCUT2D eigenvalue weighted by Gasteiger charge is 2.08. The van der Waals surface area contributed by atoms with Gasteiger partial charge in [0, 0.05) is 4.47 Å². The third kappa shape index (κ3) is 1.96. The van der Waals surface area contributed by atoms with Crippen molar-refractivity contribution in [2.24, 2.45) is 0 Å². The predicted molar refractivity (Wildman–Crippen MR) is 61.7 cm³/mol. The molecule has 5 heteroatoms. The van der Waals surface area contributed by atoms with Gasteiger partial charge < -0.3 is 0 Å². The number of nitrogens with zero attached hydrogens (tertiary/aromatic N) is 2. The van der Waals surface area contributed by atoms with E-state index in [2.05, 4.69) is 21.0 Å². The van der Waals surface area contributed by atoms with Gasteiger partial charge in [-0.05, 0) is 18.2 Å². The quantitative estimate of drug-likeness (QED) is 0.795. The number of hydrogen-bond acceptors (Lipinski definition) is 2. The number of aromatic nitrogens is 2. The Hall–Kier alpha value is -1.13. The van der Waals surface area contributed by atoms with Gasteiger partial charge in [-0.3, -0.25) is 4.79 Å². The second kappa shape index (κ2) is 4.16. The van der Waals surface area contributed by atoms with Crippen LogP contribution in [0.1, 0.15) is 10.4 Å². The molecule has 0 aliphatic heterocycles. The van der Waals surface area contributed by atoms with Crippen molar-refractivity contribution in [1.82, 2.24) is 9.78 Å². The average molecular weight is 286 g/mol. The fourth-order valence-corrected chi connectivity index (χ4v) is 1.83. The summed E-state index contributed by atoms with van der Waals surface area (Å²) in [5, 5.41) is 4.35. The van der Waals surface area contributed by atoms with E-state index in [1.807, 2.05) is 24.3 Å². The van der Waals surface area contributed by atoms with E-state index in [1.165, 1.54) is 10.9 Å². The van der Waals surface area contributed by atoms with E-state index in [0.29, 0.717) is 17.0 Å². The summed E-state index contributed by atoms with van der Waals surface area (Å²) in [6.07, 6.45) is 2.13.